The van der Waals surface area contributed by atoms with E-state index in [9.17, 15) is 4.79 Å². The van der Waals surface area contributed by atoms with Gasteiger partial charge >= 0.3 is 0 Å². The lowest BCUT2D eigenvalue weighted by Crippen LogP contribution is -2.28. The first kappa shape index (κ1) is 13.9. The summed E-state index contributed by atoms with van der Waals surface area (Å²) in [5.41, 5.74) is 1.08. The lowest BCUT2D eigenvalue weighted by Gasteiger charge is -2.23. The monoisotopic (exact) mass is 262 g/mol. The average Bonchev–Trinajstić information content (AvgIpc) is 2.80. The van der Waals surface area contributed by atoms with Gasteiger partial charge in [-0.2, -0.15) is 0 Å². The third-order valence-corrected chi connectivity index (χ3v) is 3.47. The SMILES string of the molecule is CCCCCN1CC(=O)N[C@@H]1c1cccc(OC)c1. The van der Waals surface area contributed by atoms with E-state index in [0.29, 0.717) is 6.54 Å². The number of hydrogen-bond acceptors (Lipinski definition) is 3. The standard InChI is InChI=1S/C15H22N2O2/c1-3-4-5-9-17-11-14(18)16-15(17)12-7-6-8-13(10-12)19-2/h6-8,10,15H,3-5,9,11H2,1-2H3,(H,16,18)/t15-/m0/s1. The van der Waals surface area contributed by atoms with E-state index in [2.05, 4.69) is 17.1 Å². The molecule has 19 heavy (non-hydrogen) atoms. The quantitative estimate of drug-likeness (QED) is 0.800. The zero-order valence-corrected chi connectivity index (χ0v) is 11.7. The van der Waals surface area contributed by atoms with Gasteiger partial charge in [0.1, 0.15) is 11.9 Å². The number of amides is 1. The van der Waals surface area contributed by atoms with Crippen LogP contribution in [0.15, 0.2) is 24.3 Å². The van der Waals surface area contributed by atoms with E-state index in [1.54, 1.807) is 7.11 Å². The molecule has 1 aliphatic rings. The second kappa shape index (κ2) is 6.57. The largest absolute Gasteiger partial charge is 0.497 e. The van der Waals surface area contributed by atoms with Crippen LogP contribution in [0, 0.1) is 0 Å². The third kappa shape index (κ3) is 3.47. The Morgan fingerprint density at radius 3 is 3.00 bits per heavy atom. The van der Waals surface area contributed by atoms with Gasteiger partial charge in [-0.25, -0.2) is 0 Å². The van der Waals surface area contributed by atoms with Gasteiger partial charge in [0, 0.05) is 6.54 Å². The molecule has 2 rings (SSSR count). The van der Waals surface area contributed by atoms with Crippen LogP contribution < -0.4 is 10.1 Å². The van der Waals surface area contributed by atoms with Crippen LogP contribution in [-0.2, 0) is 4.79 Å². The van der Waals surface area contributed by atoms with E-state index < -0.39 is 0 Å². The second-order valence-corrected chi connectivity index (χ2v) is 4.92. The number of unbranched alkanes of at least 4 members (excludes halogenated alkanes) is 2. The summed E-state index contributed by atoms with van der Waals surface area (Å²) in [4.78, 5) is 13.8. The van der Waals surface area contributed by atoms with E-state index in [1.807, 2.05) is 24.3 Å². The van der Waals surface area contributed by atoms with Gasteiger partial charge in [-0.15, -0.1) is 0 Å². The molecule has 0 aromatic heterocycles. The van der Waals surface area contributed by atoms with Crippen LogP contribution >= 0.6 is 0 Å². The van der Waals surface area contributed by atoms with Crippen molar-refractivity contribution in [3.8, 4) is 5.75 Å². The summed E-state index contributed by atoms with van der Waals surface area (Å²) in [5.74, 6) is 0.927. The van der Waals surface area contributed by atoms with Crippen molar-refractivity contribution in [2.75, 3.05) is 20.2 Å². The number of ether oxygens (including phenoxy) is 1. The highest BCUT2D eigenvalue weighted by Crippen LogP contribution is 2.25. The Morgan fingerprint density at radius 2 is 2.26 bits per heavy atom. The Labute approximate surface area is 114 Å². The van der Waals surface area contributed by atoms with Crippen molar-refractivity contribution in [1.82, 2.24) is 10.2 Å². The van der Waals surface area contributed by atoms with Gasteiger partial charge in [0.05, 0.1) is 13.7 Å². The normalized spacial score (nSPS) is 19.5. The van der Waals surface area contributed by atoms with Crippen LogP contribution in [0.1, 0.15) is 37.9 Å². The predicted octanol–water partition coefficient (Wildman–Crippen LogP) is 2.32. The molecule has 0 unspecified atom stereocenters. The van der Waals surface area contributed by atoms with Crippen LogP contribution in [0.2, 0.25) is 0 Å². The van der Waals surface area contributed by atoms with Crippen molar-refractivity contribution in [2.24, 2.45) is 0 Å². The Balaban J connectivity index is 2.08. The van der Waals surface area contributed by atoms with Gasteiger partial charge in [-0.05, 0) is 24.1 Å². The first-order chi connectivity index (χ1) is 9.24. The molecule has 1 atom stereocenters. The Hall–Kier alpha value is -1.55. The molecular weight excluding hydrogens is 240 g/mol. The minimum Gasteiger partial charge on any atom is -0.497 e. The van der Waals surface area contributed by atoms with E-state index in [-0.39, 0.29) is 12.1 Å². The fourth-order valence-corrected chi connectivity index (χ4v) is 2.44. The van der Waals surface area contributed by atoms with Gasteiger partial charge in [0.15, 0.2) is 0 Å². The number of hydrogen-bond donors (Lipinski definition) is 1. The summed E-state index contributed by atoms with van der Waals surface area (Å²) >= 11 is 0. The fraction of sp³-hybridized carbons (Fsp3) is 0.533. The highest BCUT2D eigenvalue weighted by molar-refractivity contribution is 5.80. The fourth-order valence-electron chi connectivity index (χ4n) is 2.44. The maximum atomic E-state index is 11.6. The number of rotatable bonds is 6. The van der Waals surface area contributed by atoms with Crippen LogP contribution in [0.25, 0.3) is 0 Å². The molecule has 1 aromatic rings. The number of nitrogens with zero attached hydrogens (tertiary/aromatic N) is 1. The molecule has 0 spiro atoms. The van der Waals surface area contributed by atoms with Crippen LogP contribution in [-0.4, -0.2) is 31.0 Å². The molecular formula is C15H22N2O2. The molecule has 0 bridgehead atoms. The number of nitrogens with one attached hydrogen (secondary N) is 1. The van der Waals surface area contributed by atoms with Gasteiger partial charge in [-0.1, -0.05) is 31.9 Å². The molecule has 1 amide bonds. The highest BCUT2D eigenvalue weighted by atomic mass is 16.5. The summed E-state index contributed by atoms with van der Waals surface area (Å²) in [7, 11) is 1.66. The highest BCUT2D eigenvalue weighted by Gasteiger charge is 2.30. The minimum absolute atomic E-state index is 0.0144. The first-order valence-corrected chi connectivity index (χ1v) is 6.92. The van der Waals surface area contributed by atoms with E-state index in [0.717, 1.165) is 24.3 Å². The molecule has 0 radical (unpaired) electrons. The topological polar surface area (TPSA) is 41.6 Å². The summed E-state index contributed by atoms with van der Waals surface area (Å²) in [6.45, 7) is 3.63. The summed E-state index contributed by atoms with van der Waals surface area (Å²) in [6.07, 6.45) is 3.51. The first-order valence-electron chi connectivity index (χ1n) is 6.92. The molecule has 1 aliphatic heterocycles. The molecule has 1 saturated heterocycles. The maximum absolute atomic E-state index is 11.6. The average molecular weight is 262 g/mol. The van der Waals surface area contributed by atoms with Crippen molar-refractivity contribution in [2.45, 2.75) is 32.4 Å². The zero-order valence-electron chi connectivity index (χ0n) is 11.7. The molecule has 1 N–H and O–H groups in total. The van der Waals surface area contributed by atoms with Gasteiger partial charge in [0.25, 0.3) is 0 Å². The Bertz CT molecular complexity index is 434. The zero-order chi connectivity index (χ0) is 13.7. The molecule has 4 heteroatoms. The lowest BCUT2D eigenvalue weighted by atomic mass is 10.1. The number of methoxy groups -OCH3 is 1. The van der Waals surface area contributed by atoms with Crippen LogP contribution in [0.5, 0.6) is 5.75 Å². The molecule has 1 aromatic carbocycles. The van der Waals surface area contributed by atoms with Gasteiger partial charge < -0.3 is 10.1 Å². The maximum Gasteiger partial charge on any atom is 0.235 e. The molecule has 104 valence electrons. The van der Waals surface area contributed by atoms with E-state index in [4.69, 9.17) is 4.74 Å². The number of carbonyl (C=O) groups excluding carboxylic acids is 1. The molecule has 0 aliphatic carbocycles. The number of carbonyl (C=O) groups is 1. The molecule has 4 nitrogen and oxygen atoms in total. The smallest absolute Gasteiger partial charge is 0.235 e. The van der Waals surface area contributed by atoms with E-state index in [1.165, 1.54) is 12.8 Å². The van der Waals surface area contributed by atoms with Crippen molar-refractivity contribution in [3.05, 3.63) is 29.8 Å². The van der Waals surface area contributed by atoms with Crippen LogP contribution in [0.4, 0.5) is 0 Å². The van der Waals surface area contributed by atoms with Crippen LogP contribution in [0.3, 0.4) is 0 Å². The Morgan fingerprint density at radius 1 is 1.42 bits per heavy atom. The third-order valence-electron chi connectivity index (χ3n) is 3.47. The van der Waals surface area contributed by atoms with Crippen molar-refractivity contribution < 1.29 is 9.53 Å². The van der Waals surface area contributed by atoms with Crippen molar-refractivity contribution in [3.63, 3.8) is 0 Å². The van der Waals surface area contributed by atoms with Gasteiger partial charge in [-0.3, -0.25) is 9.69 Å². The molecule has 0 saturated carbocycles. The van der Waals surface area contributed by atoms with E-state index >= 15 is 0 Å². The number of benzene rings is 1. The predicted molar refractivity (Wildman–Crippen MR) is 75.0 cm³/mol. The second-order valence-electron chi connectivity index (χ2n) is 4.92. The van der Waals surface area contributed by atoms with Crippen molar-refractivity contribution in [1.29, 1.82) is 0 Å². The summed E-state index contributed by atoms with van der Waals surface area (Å²) < 4.78 is 5.24. The summed E-state index contributed by atoms with van der Waals surface area (Å²) in [5, 5.41) is 3.03. The minimum atomic E-state index is -0.0144. The lowest BCUT2D eigenvalue weighted by molar-refractivity contribution is -0.118. The Kier molecular flexibility index (Phi) is 4.80. The molecule has 1 fully saturated rings. The summed E-state index contributed by atoms with van der Waals surface area (Å²) in [6, 6.07) is 7.90. The van der Waals surface area contributed by atoms with Crippen molar-refractivity contribution >= 4 is 5.91 Å². The van der Waals surface area contributed by atoms with Gasteiger partial charge in [0.2, 0.25) is 5.91 Å². The molecule has 1 heterocycles.